The Kier molecular flexibility index (Phi) is 6.17. The molecular formula is C17H22N2O5. The molecule has 2 N–H and O–H groups in total. The van der Waals surface area contributed by atoms with Gasteiger partial charge in [-0.05, 0) is 31.0 Å². The zero-order valence-corrected chi connectivity index (χ0v) is 13.7. The molecule has 1 aromatic carbocycles. The molecule has 1 fully saturated rings. The fourth-order valence-corrected chi connectivity index (χ4v) is 2.67. The summed E-state index contributed by atoms with van der Waals surface area (Å²) in [6.45, 7) is 0.573. The molecule has 130 valence electrons. The van der Waals surface area contributed by atoms with Crippen LogP contribution in [0.5, 0.6) is 5.75 Å². The molecule has 0 spiro atoms. The third kappa shape index (κ3) is 4.71. The maximum absolute atomic E-state index is 12.2. The van der Waals surface area contributed by atoms with Crippen molar-refractivity contribution >= 4 is 23.5 Å². The minimum absolute atomic E-state index is 0.00181. The number of carboxylic acids is 1. The van der Waals surface area contributed by atoms with E-state index in [9.17, 15) is 14.4 Å². The van der Waals surface area contributed by atoms with Crippen LogP contribution in [0, 0.1) is 0 Å². The minimum Gasteiger partial charge on any atom is -0.495 e. The topological polar surface area (TPSA) is 95.9 Å². The average molecular weight is 334 g/mol. The van der Waals surface area contributed by atoms with Crippen molar-refractivity contribution < 1.29 is 24.2 Å². The van der Waals surface area contributed by atoms with Crippen molar-refractivity contribution in [2.75, 3.05) is 25.5 Å². The number of methoxy groups -OCH3 is 1. The van der Waals surface area contributed by atoms with Crippen molar-refractivity contribution in [1.82, 2.24) is 4.90 Å². The molecule has 24 heavy (non-hydrogen) atoms. The van der Waals surface area contributed by atoms with Gasteiger partial charge in [-0.1, -0.05) is 12.8 Å². The van der Waals surface area contributed by atoms with E-state index < -0.39 is 5.97 Å². The second kappa shape index (κ2) is 8.33. The lowest BCUT2D eigenvalue weighted by Crippen LogP contribution is -2.39. The van der Waals surface area contributed by atoms with Crippen LogP contribution in [0.25, 0.3) is 0 Å². The molecule has 0 unspecified atom stereocenters. The second-order valence-corrected chi connectivity index (χ2v) is 5.75. The van der Waals surface area contributed by atoms with E-state index in [1.54, 1.807) is 4.90 Å². The van der Waals surface area contributed by atoms with Crippen LogP contribution >= 0.6 is 0 Å². The molecule has 7 heteroatoms. The number of carbonyl (C=O) groups is 3. The van der Waals surface area contributed by atoms with E-state index in [1.807, 2.05) is 0 Å². The van der Waals surface area contributed by atoms with Gasteiger partial charge < -0.3 is 20.1 Å². The van der Waals surface area contributed by atoms with Gasteiger partial charge in [0.1, 0.15) is 5.75 Å². The first kappa shape index (κ1) is 17.8. The molecule has 1 aliphatic rings. The lowest BCUT2D eigenvalue weighted by atomic mass is 10.1. The van der Waals surface area contributed by atoms with Gasteiger partial charge in [0.2, 0.25) is 11.8 Å². The Balaban J connectivity index is 2.03. The van der Waals surface area contributed by atoms with E-state index in [-0.39, 0.29) is 29.7 Å². The molecule has 1 aromatic rings. The molecule has 0 radical (unpaired) electrons. The van der Waals surface area contributed by atoms with Crippen molar-refractivity contribution in [2.24, 2.45) is 0 Å². The zero-order chi connectivity index (χ0) is 17.5. The highest BCUT2D eigenvalue weighted by Gasteiger charge is 2.19. The fraction of sp³-hybridized carbons (Fsp3) is 0.471. The minimum atomic E-state index is -1.07. The van der Waals surface area contributed by atoms with E-state index in [0.717, 1.165) is 25.7 Å². The van der Waals surface area contributed by atoms with Gasteiger partial charge in [0.05, 0.1) is 24.9 Å². The van der Waals surface area contributed by atoms with Crippen LogP contribution < -0.4 is 10.1 Å². The molecule has 2 amide bonds. The van der Waals surface area contributed by atoms with Crippen LogP contribution in [-0.4, -0.2) is 48.0 Å². The maximum atomic E-state index is 12.2. The predicted octanol–water partition coefficient (Wildman–Crippen LogP) is 2.12. The molecule has 0 atom stereocenters. The number of likely N-dealkylation sites (tertiary alicyclic amines) is 1. The van der Waals surface area contributed by atoms with Crippen molar-refractivity contribution in [3.8, 4) is 5.75 Å². The van der Waals surface area contributed by atoms with Crippen molar-refractivity contribution in [2.45, 2.75) is 32.1 Å². The number of nitrogens with one attached hydrogen (secondary N) is 1. The molecule has 7 nitrogen and oxygen atoms in total. The molecular weight excluding hydrogens is 312 g/mol. The highest BCUT2D eigenvalue weighted by molar-refractivity contribution is 5.97. The number of carbonyl (C=O) groups excluding carboxylic acids is 2. The van der Waals surface area contributed by atoms with E-state index in [0.29, 0.717) is 18.7 Å². The molecule has 0 aromatic heterocycles. The maximum Gasteiger partial charge on any atom is 0.335 e. The second-order valence-electron chi connectivity index (χ2n) is 5.75. The summed E-state index contributed by atoms with van der Waals surface area (Å²) in [5, 5.41) is 11.7. The fourth-order valence-electron chi connectivity index (χ4n) is 2.67. The number of ether oxygens (including phenoxy) is 1. The van der Waals surface area contributed by atoms with Crippen LogP contribution in [0.4, 0.5) is 5.69 Å². The summed E-state index contributed by atoms with van der Waals surface area (Å²) in [5.41, 5.74) is 0.454. The van der Waals surface area contributed by atoms with Crippen LogP contribution in [0.15, 0.2) is 18.2 Å². The van der Waals surface area contributed by atoms with Gasteiger partial charge >= 0.3 is 5.97 Å². The van der Waals surface area contributed by atoms with Crippen LogP contribution in [0.3, 0.4) is 0 Å². The largest absolute Gasteiger partial charge is 0.495 e. The number of nitrogens with zero attached hydrogens (tertiary/aromatic N) is 1. The van der Waals surface area contributed by atoms with Gasteiger partial charge in [0, 0.05) is 13.0 Å². The lowest BCUT2D eigenvalue weighted by molar-refractivity contribution is -0.135. The van der Waals surface area contributed by atoms with E-state index in [4.69, 9.17) is 9.84 Å². The van der Waals surface area contributed by atoms with Gasteiger partial charge in [-0.15, -0.1) is 0 Å². The van der Waals surface area contributed by atoms with Crippen LogP contribution in [0.1, 0.15) is 42.5 Å². The first-order valence-corrected chi connectivity index (χ1v) is 8.00. The molecule has 1 heterocycles. The number of hydrogen-bond donors (Lipinski definition) is 2. The number of anilines is 1. The predicted molar refractivity (Wildman–Crippen MR) is 88.2 cm³/mol. The van der Waals surface area contributed by atoms with Gasteiger partial charge in [-0.3, -0.25) is 9.59 Å². The SMILES string of the molecule is COc1cc(C(=O)O)ccc1NC(=O)CN1CCCCCCC1=O. The van der Waals surface area contributed by atoms with Crippen molar-refractivity contribution in [3.63, 3.8) is 0 Å². The summed E-state index contributed by atoms with van der Waals surface area (Å²) in [7, 11) is 1.40. The van der Waals surface area contributed by atoms with Crippen LogP contribution in [-0.2, 0) is 9.59 Å². The number of aromatic carboxylic acids is 1. The Morgan fingerprint density at radius 2 is 2.00 bits per heavy atom. The summed E-state index contributed by atoms with van der Waals surface area (Å²) in [6.07, 6.45) is 4.36. The van der Waals surface area contributed by atoms with E-state index in [2.05, 4.69) is 5.32 Å². The molecule has 1 saturated heterocycles. The lowest BCUT2D eigenvalue weighted by Gasteiger charge is -2.24. The monoisotopic (exact) mass is 334 g/mol. The Morgan fingerprint density at radius 3 is 2.71 bits per heavy atom. The number of benzene rings is 1. The number of amides is 2. The van der Waals surface area contributed by atoms with Crippen LogP contribution in [0.2, 0.25) is 0 Å². The van der Waals surface area contributed by atoms with Crippen molar-refractivity contribution in [3.05, 3.63) is 23.8 Å². The molecule has 2 rings (SSSR count). The molecule has 1 aliphatic heterocycles. The van der Waals surface area contributed by atoms with Crippen molar-refractivity contribution in [1.29, 1.82) is 0 Å². The van der Waals surface area contributed by atoms with Gasteiger partial charge in [-0.2, -0.15) is 0 Å². The van der Waals surface area contributed by atoms with Gasteiger partial charge in [-0.25, -0.2) is 4.79 Å². The third-order valence-corrected chi connectivity index (χ3v) is 3.98. The Bertz CT molecular complexity index is 629. The molecule has 0 bridgehead atoms. The summed E-state index contributed by atoms with van der Waals surface area (Å²) < 4.78 is 5.13. The standard InChI is InChI=1S/C17H22N2O5/c1-24-14-10-12(17(22)23)7-8-13(14)18-15(20)11-19-9-5-3-2-4-6-16(19)21/h7-8,10H,2-6,9,11H2,1H3,(H,18,20)(H,22,23). The number of carboxylic acid groups (broad SMARTS) is 1. The highest BCUT2D eigenvalue weighted by Crippen LogP contribution is 2.25. The van der Waals surface area contributed by atoms with E-state index >= 15 is 0 Å². The first-order chi connectivity index (χ1) is 11.5. The highest BCUT2D eigenvalue weighted by atomic mass is 16.5. The average Bonchev–Trinajstić information content (AvgIpc) is 2.54. The van der Waals surface area contributed by atoms with Gasteiger partial charge in [0.15, 0.2) is 0 Å². The molecule has 0 aliphatic carbocycles. The number of hydrogen-bond acceptors (Lipinski definition) is 4. The van der Waals surface area contributed by atoms with Gasteiger partial charge in [0.25, 0.3) is 0 Å². The Morgan fingerprint density at radius 1 is 1.25 bits per heavy atom. The third-order valence-electron chi connectivity index (χ3n) is 3.98. The molecule has 0 saturated carbocycles. The summed E-state index contributed by atoms with van der Waals surface area (Å²) >= 11 is 0. The smallest absolute Gasteiger partial charge is 0.335 e. The Labute approximate surface area is 140 Å². The number of rotatable bonds is 5. The summed E-state index contributed by atoms with van der Waals surface area (Å²) in [4.78, 5) is 36.8. The zero-order valence-electron chi connectivity index (χ0n) is 13.7. The quantitative estimate of drug-likeness (QED) is 0.860. The summed E-state index contributed by atoms with van der Waals surface area (Å²) in [6, 6.07) is 4.22. The summed E-state index contributed by atoms with van der Waals surface area (Å²) in [5.74, 6) is -1.14. The van der Waals surface area contributed by atoms with E-state index in [1.165, 1.54) is 25.3 Å². The first-order valence-electron chi connectivity index (χ1n) is 8.00. The normalized spacial score (nSPS) is 15.4. The Hall–Kier alpha value is -2.57.